The van der Waals surface area contributed by atoms with E-state index in [0.717, 1.165) is 24.3 Å². The van der Waals surface area contributed by atoms with Crippen LogP contribution in [0.25, 0.3) is 0 Å². The Kier molecular flexibility index (Phi) is 5.01. The molecule has 0 N–H and O–H groups in total. The number of nitrogens with zero attached hydrogens (tertiary/aromatic N) is 1. The van der Waals surface area contributed by atoms with E-state index in [1.807, 2.05) is 45.2 Å². The quantitative estimate of drug-likeness (QED) is 0.784. The SMILES string of the molecule is COc1ccccc1CCN(C)C(=O)C(C)C. The lowest BCUT2D eigenvalue weighted by atomic mass is 10.1. The number of hydrogen-bond donors (Lipinski definition) is 0. The smallest absolute Gasteiger partial charge is 0.224 e. The summed E-state index contributed by atoms with van der Waals surface area (Å²) in [5.74, 6) is 1.12. The lowest BCUT2D eigenvalue weighted by Gasteiger charge is -2.19. The number of carbonyl (C=O) groups excluding carboxylic acids is 1. The summed E-state index contributed by atoms with van der Waals surface area (Å²) in [6, 6.07) is 7.92. The van der Waals surface area contributed by atoms with Crippen molar-refractivity contribution < 1.29 is 9.53 Å². The van der Waals surface area contributed by atoms with Crippen molar-refractivity contribution in [3.8, 4) is 5.75 Å². The van der Waals surface area contributed by atoms with Gasteiger partial charge in [0.25, 0.3) is 0 Å². The van der Waals surface area contributed by atoms with Gasteiger partial charge in [-0.15, -0.1) is 0 Å². The minimum atomic E-state index is 0.0534. The maximum absolute atomic E-state index is 11.7. The van der Waals surface area contributed by atoms with E-state index in [2.05, 4.69) is 0 Å². The molecular formula is C14H21NO2. The van der Waals surface area contributed by atoms with E-state index in [1.54, 1.807) is 12.0 Å². The predicted octanol–water partition coefficient (Wildman–Crippen LogP) is 2.35. The molecule has 1 aromatic carbocycles. The van der Waals surface area contributed by atoms with Gasteiger partial charge in [0, 0.05) is 19.5 Å². The molecule has 17 heavy (non-hydrogen) atoms. The molecule has 0 bridgehead atoms. The lowest BCUT2D eigenvalue weighted by Crippen LogP contribution is -2.32. The first-order valence-electron chi connectivity index (χ1n) is 5.93. The van der Waals surface area contributed by atoms with Crippen molar-refractivity contribution in [3.05, 3.63) is 29.8 Å². The van der Waals surface area contributed by atoms with Gasteiger partial charge in [-0.05, 0) is 18.1 Å². The Morgan fingerprint density at radius 3 is 2.59 bits per heavy atom. The maximum Gasteiger partial charge on any atom is 0.224 e. The van der Waals surface area contributed by atoms with Crippen molar-refractivity contribution in [1.29, 1.82) is 0 Å². The third kappa shape index (κ3) is 3.77. The Hall–Kier alpha value is -1.51. The Labute approximate surface area is 103 Å². The second-order valence-electron chi connectivity index (χ2n) is 4.48. The molecule has 0 aromatic heterocycles. The highest BCUT2D eigenvalue weighted by atomic mass is 16.5. The van der Waals surface area contributed by atoms with Gasteiger partial charge in [-0.3, -0.25) is 4.79 Å². The van der Waals surface area contributed by atoms with Crippen molar-refractivity contribution in [3.63, 3.8) is 0 Å². The van der Waals surface area contributed by atoms with Crippen molar-refractivity contribution >= 4 is 5.91 Å². The fourth-order valence-electron chi connectivity index (χ4n) is 1.75. The van der Waals surface area contributed by atoms with Gasteiger partial charge >= 0.3 is 0 Å². The molecule has 0 spiro atoms. The largest absolute Gasteiger partial charge is 0.496 e. The summed E-state index contributed by atoms with van der Waals surface area (Å²) in [5.41, 5.74) is 1.14. The van der Waals surface area contributed by atoms with E-state index < -0.39 is 0 Å². The summed E-state index contributed by atoms with van der Waals surface area (Å²) in [6.07, 6.45) is 0.818. The van der Waals surface area contributed by atoms with Crippen LogP contribution in [0.5, 0.6) is 5.75 Å². The monoisotopic (exact) mass is 235 g/mol. The third-order valence-electron chi connectivity index (χ3n) is 2.78. The average molecular weight is 235 g/mol. The van der Waals surface area contributed by atoms with E-state index >= 15 is 0 Å². The number of likely N-dealkylation sites (N-methyl/N-ethyl adjacent to an activating group) is 1. The Bertz CT molecular complexity index is 374. The summed E-state index contributed by atoms with van der Waals surface area (Å²) in [6.45, 7) is 4.56. The third-order valence-corrected chi connectivity index (χ3v) is 2.78. The zero-order valence-corrected chi connectivity index (χ0v) is 11.1. The van der Waals surface area contributed by atoms with E-state index in [1.165, 1.54) is 0 Å². The first kappa shape index (κ1) is 13.6. The summed E-state index contributed by atoms with van der Waals surface area (Å²) < 4.78 is 5.28. The number of amides is 1. The Morgan fingerprint density at radius 1 is 1.35 bits per heavy atom. The molecule has 0 atom stereocenters. The van der Waals surface area contributed by atoms with Gasteiger partial charge in [0.05, 0.1) is 7.11 Å². The van der Waals surface area contributed by atoms with E-state index in [-0.39, 0.29) is 11.8 Å². The van der Waals surface area contributed by atoms with Gasteiger partial charge in [0.15, 0.2) is 0 Å². The molecule has 3 nitrogen and oxygen atoms in total. The van der Waals surface area contributed by atoms with Crippen molar-refractivity contribution in [2.45, 2.75) is 20.3 Å². The molecular weight excluding hydrogens is 214 g/mol. The van der Waals surface area contributed by atoms with Gasteiger partial charge in [-0.25, -0.2) is 0 Å². The van der Waals surface area contributed by atoms with E-state index in [4.69, 9.17) is 4.74 Å². The molecule has 0 heterocycles. The predicted molar refractivity (Wildman–Crippen MR) is 69.2 cm³/mol. The van der Waals surface area contributed by atoms with Crippen LogP contribution in [0.4, 0.5) is 0 Å². The molecule has 0 radical (unpaired) electrons. The molecule has 1 aromatic rings. The van der Waals surface area contributed by atoms with Crippen LogP contribution in [0.2, 0.25) is 0 Å². The second kappa shape index (κ2) is 6.28. The maximum atomic E-state index is 11.7. The van der Waals surface area contributed by atoms with Crippen LogP contribution < -0.4 is 4.74 Å². The summed E-state index contributed by atoms with van der Waals surface area (Å²) >= 11 is 0. The van der Waals surface area contributed by atoms with E-state index in [9.17, 15) is 4.79 Å². The molecule has 0 unspecified atom stereocenters. The number of carbonyl (C=O) groups is 1. The van der Waals surface area contributed by atoms with Crippen LogP contribution in [0.15, 0.2) is 24.3 Å². The normalized spacial score (nSPS) is 10.4. The van der Waals surface area contributed by atoms with Gasteiger partial charge in [0.2, 0.25) is 5.91 Å². The van der Waals surface area contributed by atoms with E-state index in [0.29, 0.717) is 0 Å². The fraction of sp³-hybridized carbons (Fsp3) is 0.500. The molecule has 1 rings (SSSR count). The number of hydrogen-bond acceptors (Lipinski definition) is 2. The summed E-state index contributed by atoms with van der Waals surface area (Å²) in [5, 5.41) is 0. The van der Waals surface area contributed by atoms with Crippen molar-refractivity contribution in [1.82, 2.24) is 4.90 Å². The van der Waals surface area contributed by atoms with Crippen LogP contribution >= 0.6 is 0 Å². The molecule has 0 saturated heterocycles. The number of benzene rings is 1. The van der Waals surface area contributed by atoms with Crippen LogP contribution in [-0.2, 0) is 11.2 Å². The molecule has 0 saturated carbocycles. The molecule has 0 aliphatic heterocycles. The minimum absolute atomic E-state index is 0.0534. The fourth-order valence-corrected chi connectivity index (χ4v) is 1.75. The lowest BCUT2D eigenvalue weighted by molar-refractivity contribution is -0.133. The highest BCUT2D eigenvalue weighted by Gasteiger charge is 2.13. The molecule has 94 valence electrons. The van der Waals surface area contributed by atoms with Gasteiger partial charge in [-0.2, -0.15) is 0 Å². The van der Waals surface area contributed by atoms with Crippen molar-refractivity contribution in [2.24, 2.45) is 5.92 Å². The highest BCUT2D eigenvalue weighted by molar-refractivity contribution is 5.77. The summed E-state index contributed by atoms with van der Waals surface area (Å²) in [7, 11) is 3.51. The van der Waals surface area contributed by atoms with Gasteiger partial charge in [0.1, 0.15) is 5.75 Å². The Morgan fingerprint density at radius 2 is 2.00 bits per heavy atom. The number of methoxy groups -OCH3 is 1. The Balaban J connectivity index is 2.58. The standard InChI is InChI=1S/C14H21NO2/c1-11(2)14(16)15(3)10-9-12-7-5-6-8-13(12)17-4/h5-8,11H,9-10H2,1-4H3. The highest BCUT2D eigenvalue weighted by Crippen LogP contribution is 2.18. The first-order valence-corrected chi connectivity index (χ1v) is 5.93. The molecule has 3 heteroatoms. The van der Waals surface area contributed by atoms with Crippen LogP contribution in [0.1, 0.15) is 19.4 Å². The molecule has 0 fully saturated rings. The zero-order chi connectivity index (χ0) is 12.8. The first-order chi connectivity index (χ1) is 8.06. The molecule has 0 aliphatic rings. The van der Waals surface area contributed by atoms with Crippen LogP contribution in [-0.4, -0.2) is 31.5 Å². The topological polar surface area (TPSA) is 29.5 Å². The average Bonchev–Trinajstić information content (AvgIpc) is 2.35. The number of rotatable bonds is 5. The number of ether oxygens (including phenoxy) is 1. The van der Waals surface area contributed by atoms with Crippen molar-refractivity contribution in [2.75, 3.05) is 20.7 Å². The molecule has 1 amide bonds. The number of para-hydroxylation sites is 1. The van der Waals surface area contributed by atoms with Gasteiger partial charge < -0.3 is 9.64 Å². The molecule has 0 aliphatic carbocycles. The minimum Gasteiger partial charge on any atom is -0.496 e. The van der Waals surface area contributed by atoms with Crippen LogP contribution in [0, 0.1) is 5.92 Å². The zero-order valence-electron chi connectivity index (χ0n) is 11.1. The summed E-state index contributed by atoms with van der Waals surface area (Å²) in [4.78, 5) is 13.5. The van der Waals surface area contributed by atoms with Gasteiger partial charge in [-0.1, -0.05) is 32.0 Å². The second-order valence-corrected chi connectivity index (χ2v) is 4.48. The van der Waals surface area contributed by atoms with Crippen LogP contribution in [0.3, 0.4) is 0 Å².